The Hall–Kier alpha value is -2.93. The zero-order valence-electron chi connectivity index (χ0n) is 18.0. The van der Waals surface area contributed by atoms with Gasteiger partial charge in [0.25, 0.3) is 5.91 Å². The Balaban J connectivity index is 1.63. The molecule has 1 spiro atoms. The maximum Gasteiger partial charge on any atom is 0.255 e. The van der Waals surface area contributed by atoms with Gasteiger partial charge in [-0.3, -0.25) is 15.1 Å². The number of nitrogens with one attached hydrogen (secondary N) is 2. The Labute approximate surface area is 177 Å². The second-order valence-corrected chi connectivity index (χ2v) is 8.91. The van der Waals surface area contributed by atoms with Crippen LogP contribution in [0.2, 0.25) is 0 Å². The lowest BCUT2D eigenvalue weighted by Crippen LogP contribution is -2.56. The van der Waals surface area contributed by atoms with Gasteiger partial charge in [0.2, 0.25) is 5.88 Å². The number of pyridine rings is 1. The zero-order valence-corrected chi connectivity index (χ0v) is 18.0. The molecule has 2 N–H and O–H groups in total. The molecule has 1 aromatic heterocycles. The molecule has 7 nitrogen and oxygen atoms in total. The first-order valence-corrected chi connectivity index (χ1v) is 10.3. The van der Waals surface area contributed by atoms with Crippen LogP contribution in [0.25, 0.3) is 0 Å². The number of likely N-dealkylation sites (tertiary alicyclic amines) is 1. The van der Waals surface area contributed by atoms with Crippen molar-refractivity contribution in [3.63, 3.8) is 0 Å². The van der Waals surface area contributed by atoms with Crippen molar-refractivity contribution in [2.24, 2.45) is 4.99 Å². The average molecular weight is 408 g/mol. The molecule has 4 rings (SSSR count). The maximum absolute atomic E-state index is 13.1. The van der Waals surface area contributed by atoms with Gasteiger partial charge in [-0.2, -0.15) is 0 Å². The van der Waals surface area contributed by atoms with Crippen LogP contribution in [0.15, 0.2) is 47.6 Å². The summed E-state index contributed by atoms with van der Waals surface area (Å²) < 4.78 is 5.10. The van der Waals surface area contributed by atoms with E-state index in [1.165, 1.54) is 5.56 Å². The quantitative estimate of drug-likeness (QED) is 0.800. The van der Waals surface area contributed by atoms with E-state index in [1.54, 1.807) is 25.4 Å². The third-order valence-electron chi connectivity index (χ3n) is 5.54. The van der Waals surface area contributed by atoms with Crippen molar-refractivity contribution in [1.82, 2.24) is 15.2 Å². The number of aromatic nitrogens is 1. The number of amides is 1. The van der Waals surface area contributed by atoms with E-state index >= 15 is 0 Å². The van der Waals surface area contributed by atoms with Crippen molar-refractivity contribution in [2.75, 3.05) is 25.5 Å². The highest BCUT2D eigenvalue weighted by Gasteiger charge is 2.46. The topological polar surface area (TPSA) is 78.9 Å². The highest BCUT2D eigenvalue weighted by Crippen LogP contribution is 2.31. The van der Waals surface area contributed by atoms with Gasteiger partial charge < -0.3 is 15.0 Å². The molecule has 7 heteroatoms. The summed E-state index contributed by atoms with van der Waals surface area (Å²) in [6.07, 6.45) is 2.36. The van der Waals surface area contributed by atoms with E-state index in [9.17, 15) is 4.79 Å². The molecule has 0 radical (unpaired) electrons. The number of anilines is 1. The monoisotopic (exact) mass is 407 g/mol. The average Bonchev–Trinajstić information content (AvgIpc) is 3.10. The zero-order chi connectivity index (χ0) is 21.4. The van der Waals surface area contributed by atoms with Crippen molar-refractivity contribution in [3.8, 4) is 5.88 Å². The van der Waals surface area contributed by atoms with Gasteiger partial charge in [0.05, 0.1) is 23.8 Å². The Morgan fingerprint density at radius 3 is 2.73 bits per heavy atom. The van der Waals surface area contributed by atoms with Crippen LogP contribution in [0.5, 0.6) is 5.88 Å². The van der Waals surface area contributed by atoms with E-state index in [2.05, 4.69) is 48.5 Å². The number of para-hydroxylation sites is 1. The smallest absolute Gasteiger partial charge is 0.255 e. The lowest BCUT2D eigenvalue weighted by molar-refractivity contribution is 0.0785. The number of fused-ring (bicyclic) bond motifs is 1. The molecule has 3 heterocycles. The summed E-state index contributed by atoms with van der Waals surface area (Å²) in [4.78, 5) is 24.2. The molecule has 2 aliphatic heterocycles. The summed E-state index contributed by atoms with van der Waals surface area (Å²) in [6.45, 7) is 8.19. The van der Waals surface area contributed by atoms with Crippen LogP contribution in [0.1, 0.15) is 43.1 Å². The Morgan fingerprint density at radius 2 is 2.03 bits per heavy atom. The van der Waals surface area contributed by atoms with Crippen molar-refractivity contribution in [3.05, 3.63) is 53.7 Å². The number of carbonyl (C=O) groups excluding carboxylic acids is 1. The molecule has 0 saturated carbocycles. The molecule has 2 aliphatic rings. The molecule has 1 aromatic carbocycles. The van der Waals surface area contributed by atoms with Crippen LogP contribution >= 0.6 is 0 Å². The molecule has 0 bridgehead atoms. The minimum Gasteiger partial charge on any atom is -0.481 e. The standard InChI is InChI=1S/C23H29N5O2/c1-22(2,3)27-21-23(25-14-16-7-5-6-8-18(16)26-21)11-12-28(15-23)20(29)17-9-10-19(30-4)24-13-17/h5-10,13,25H,11-12,14-15H2,1-4H3,(H,26,27)/t23-/m1/s1. The third kappa shape index (κ3) is 4.03. The van der Waals surface area contributed by atoms with Crippen LogP contribution in [0.3, 0.4) is 0 Å². The Kier molecular flexibility index (Phi) is 5.24. The van der Waals surface area contributed by atoms with Crippen molar-refractivity contribution >= 4 is 17.4 Å². The van der Waals surface area contributed by atoms with E-state index < -0.39 is 5.54 Å². The number of amidine groups is 1. The number of carbonyl (C=O) groups is 1. The number of rotatable bonds is 2. The maximum atomic E-state index is 13.1. The van der Waals surface area contributed by atoms with E-state index in [1.807, 2.05) is 17.0 Å². The molecule has 1 fully saturated rings. The third-order valence-corrected chi connectivity index (χ3v) is 5.54. The summed E-state index contributed by atoms with van der Waals surface area (Å²) in [6, 6.07) is 11.7. The Morgan fingerprint density at radius 1 is 1.23 bits per heavy atom. The van der Waals surface area contributed by atoms with E-state index in [0.29, 0.717) is 24.5 Å². The largest absolute Gasteiger partial charge is 0.481 e. The molecule has 1 amide bonds. The molecule has 1 saturated heterocycles. The first-order valence-electron chi connectivity index (χ1n) is 10.3. The molecule has 158 valence electrons. The minimum absolute atomic E-state index is 0.0271. The molecule has 0 aliphatic carbocycles. The Bertz CT molecular complexity index is 964. The fourth-order valence-corrected chi connectivity index (χ4v) is 3.99. The van der Waals surface area contributed by atoms with Crippen molar-refractivity contribution < 1.29 is 9.53 Å². The predicted octanol–water partition coefficient (Wildman–Crippen LogP) is 3.09. The number of ether oxygens (including phenoxy) is 1. The fourth-order valence-electron chi connectivity index (χ4n) is 3.99. The number of methoxy groups -OCH3 is 1. The lowest BCUT2D eigenvalue weighted by atomic mass is 9.95. The van der Waals surface area contributed by atoms with Gasteiger partial charge in [-0.25, -0.2) is 4.98 Å². The first kappa shape index (κ1) is 20.3. The van der Waals surface area contributed by atoms with Crippen molar-refractivity contribution in [1.29, 1.82) is 0 Å². The van der Waals surface area contributed by atoms with Crippen molar-refractivity contribution in [2.45, 2.75) is 44.8 Å². The molecule has 2 aromatic rings. The van der Waals surface area contributed by atoms with Crippen LogP contribution in [-0.2, 0) is 6.54 Å². The fraction of sp³-hybridized carbons (Fsp3) is 0.435. The number of benzene rings is 1. The summed E-state index contributed by atoms with van der Waals surface area (Å²) in [5.41, 5.74) is 2.16. The number of hydrogen-bond acceptors (Lipinski definition) is 5. The van der Waals surface area contributed by atoms with E-state index in [0.717, 1.165) is 24.5 Å². The van der Waals surface area contributed by atoms with E-state index in [4.69, 9.17) is 9.73 Å². The van der Waals surface area contributed by atoms with Gasteiger partial charge in [0.1, 0.15) is 5.84 Å². The second kappa shape index (κ2) is 7.72. The van der Waals surface area contributed by atoms with Gasteiger partial charge >= 0.3 is 0 Å². The number of aliphatic imine (C=N–C) groups is 1. The molecular weight excluding hydrogens is 378 g/mol. The summed E-state index contributed by atoms with van der Waals surface area (Å²) >= 11 is 0. The molecule has 0 unspecified atom stereocenters. The van der Waals surface area contributed by atoms with E-state index in [-0.39, 0.29) is 11.4 Å². The van der Waals surface area contributed by atoms with Crippen LogP contribution in [-0.4, -0.2) is 52.9 Å². The van der Waals surface area contributed by atoms with Gasteiger partial charge in [-0.15, -0.1) is 0 Å². The highest BCUT2D eigenvalue weighted by atomic mass is 16.5. The second-order valence-electron chi connectivity index (χ2n) is 8.91. The highest BCUT2D eigenvalue weighted by molar-refractivity contribution is 6.05. The number of nitrogens with zero attached hydrogens (tertiary/aromatic N) is 3. The van der Waals surface area contributed by atoms with Gasteiger partial charge in [0.15, 0.2) is 0 Å². The lowest BCUT2D eigenvalue weighted by Gasteiger charge is -2.32. The van der Waals surface area contributed by atoms with Crippen LogP contribution in [0, 0.1) is 0 Å². The summed E-state index contributed by atoms with van der Waals surface area (Å²) in [7, 11) is 1.56. The summed E-state index contributed by atoms with van der Waals surface area (Å²) in [5, 5.41) is 7.30. The minimum atomic E-state index is -0.415. The molecule has 30 heavy (non-hydrogen) atoms. The van der Waals surface area contributed by atoms with Crippen LogP contribution in [0.4, 0.5) is 5.69 Å². The summed E-state index contributed by atoms with van der Waals surface area (Å²) in [5.74, 6) is 1.36. The van der Waals surface area contributed by atoms with Gasteiger partial charge in [-0.1, -0.05) is 18.2 Å². The first-order chi connectivity index (χ1) is 14.3. The van der Waals surface area contributed by atoms with Gasteiger partial charge in [-0.05, 0) is 44.9 Å². The predicted molar refractivity (Wildman–Crippen MR) is 118 cm³/mol. The SMILES string of the molecule is COc1ccc(C(=O)N2CC[C@]3(C2)NCc2ccccc2NC3=NC(C)(C)C)cn1. The van der Waals surface area contributed by atoms with Crippen LogP contribution < -0.4 is 15.4 Å². The molecule has 1 atom stereocenters. The molecular formula is C23H29N5O2. The number of hydrogen-bond donors (Lipinski definition) is 2. The van der Waals surface area contributed by atoms with Gasteiger partial charge in [0, 0.05) is 37.6 Å². The normalized spacial score (nSPS) is 22.5.